The fourth-order valence-electron chi connectivity index (χ4n) is 8.04. The largest absolute Gasteiger partial charge is 0.461 e. The maximum Gasteiger partial charge on any atom is 0.316 e. The Hall–Kier alpha value is -1.67. The minimum absolute atomic E-state index is 0.0342. The highest BCUT2D eigenvalue weighted by molar-refractivity contribution is 8.00. The molecule has 7 heteroatoms. The van der Waals surface area contributed by atoms with Crippen LogP contribution in [0.25, 0.3) is 0 Å². The van der Waals surface area contributed by atoms with E-state index in [0.717, 1.165) is 49.2 Å². The van der Waals surface area contributed by atoms with Crippen molar-refractivity contribution >= 4 is 23.5 Å². The Morgan fingerprint density at radius 2 is 2.08 bits per heavy atom. The van der Waals surface area contributed by atoms with E-state index in [1.807, 2.05) is 25.1 Å². The van der Waals surface area contributed by atoms with Crippen LogP contribution in [-0.4, -0.2) is 47.9 Å². The number of aliphatic hydroxyl groups is 1. The van der Waals surface area contributed by atoms with Crippen LogP contribution in [0.3, 0.4) is 0 Å². The molecule has 3 aliphatic carbocycles. The van der Waals surface area contributed by atoms with Crippen LogP contribution < -0.4 is 11.1 Å². The topological polar surface area (TPSA) is 102 Å². The molecule has 3 fully saturated rings. The molecule has 0 saturated heterocycles. The molecule has 1 aromatic rings. The lowest BCUT2D eigenvalue weighted by atomic mass is 9.44. The molecule has 4 N–H and O–H groups in total. The van der Waals surface area contributed by atoms with Crippen molar-refractivity contribution in [1.82, 2.24) is 5.32 Å². The van der Waals surface area contributed by atoms with Crippen LogP contribution in [-0.2, 0) is 20.9 Å². The highest BCUT2D eigenvalue weighted by Crippen LogP contribution is 2.68. The quantitative estimate of drug-likeness (QED) is 0.159. The molecule has 1 aromatic carbocycles. The highest BCUT2D eigenvalue weighted by Gasteiger charge is 2.68. The number of hydrogen-bond donors (Lipinski definition) is 3. The van der Waals surface area contributed by atoms with Gasteiger partial charge in [-0.1, -0.05) is 45.9 Å². The molecule has 3 unspecified atom stereocenters. The third kappa shape index (κ3) is 5.61. The lowest BCUT2D eigenvalue weighted by molar-refractivity contribution is -0.205. The zero-order valence-electron chi connectivity index (χ0n) is 24.2. The summed E-state index contributed by atoms with van der Waals surface area (Å²) in [5, 5.41) is 15.1. The number of carbonyl (C=O) groups excluding carboxylic acids is 2. The molecule has 0 radical (unpaired) electrons. The Morgan fingerprint density at radius 3 is 2.79 bits per heavy atom. The summed E-state index contributed by atoms with van der Waals surface area (Å²) in [7, 11) is 0. The molecule has 0 amide bonds. The number of benzene rings is 1. The first-order valence-corrected chi connectivity index (χ1v) is 15.7. The second-order valence-electron chi connectivity index (χ2n) is 12.8. The van der Waals surface area contributed by atoms with E-state index in [0.29, 0.717) is 19.4 Å². The van der Waals surface area contributed by atoms with Crippen molar-refractivity contribution < 1.29 is 19.4 Å². The standard InChI is InChI=1S/C32H48N2O4S/c1-6-30(4)18-26(38-27(36)20-39-24-10-7-9-23(17-24)19-34-16-8-15-33)31(5)21(2)11-13-32(22(3)29(30)37)14-12-25(35)28(31)32/h6-7,9-10,17,21-22,26,28-29,34,37H,1,8,11-16,18-20,33H2,2-5H3/t21?,22-,26+,28?,29-,30+,31-,32?/m0/s1. The van der Waals surface area contributed by atoms with E-state index in [9.17, 15) is 14.7 Å². The van der Waals surface area contributed by atoms with Crippen LogP contribution >= 0.6 is 11.8 Å². The molecule has 0 aliphatic heterocycles. The van der Waals surface area contributed by atoms with E-state index < -0.39 is 23.0 Å². The summed E-state index contributed by atoms with van der Waals surface area (Å²) in [6.07, 6.45) is 5.36. The van der Waals surface area contributed by atoms with Gasteiger partial charge in [0.1, 0.15) is 11.9 Å². The Kier molecular flexibility index (Phi) is 9.36. The van der Waals surface area contributed by atoms with E-state index in [1.54, 1.807) is 0 Å². The second-order valence-corrected chi connectivity index (χ2v) is 13.9. The Balaban J connectivity index is 1.55. The summed E-state index contributed by atoms with van der Waals surface area (Å²) >= 11 is 1.47. The predicted molar refractivity (Wildman–Crippen MR) is 157 cm³/mol. The number of nitrogens with two attached hydrogens (primary N) is 1. The number of ether oxygens (including phenoxy) is 1. The first kappa shape index (κ1) is 30.3. The van der Waals surface area contributed by atoms with Gasteiger partial charge in [-0.2, -0.15) is 0 Å². The number of hydrogen-bond acceptors (Lipinski definition) is 7. The summed E-state index contributed by atoms with van der Waals surface area (Å²) in [4.78, 5) is 28.0. The minimum Gasteiger partial charge on any atom is -0.461 e. The molecule has 39 heavy (non-hydrogen) atoms. The van der Waals surface area contributed by atoms with Crippen LogP contribution in [0.4, 0.5) is 0 Å². The van der Waals surface area contributed by atoms with Crippen LogP contribution in [0.15, 0.2) is 41.8 Å². The molecule has 6 nitrogen and oxygen atoms in total. The molecule has 4 rings (SSSR count). The Bertz CT molecular complexity index is 1060. The molecule has 0 aromatic heterocycles. The van der Waals surface area contributed by atoms with Crippen molar-refractivity contribution in [1.29, 1.82) is 0 Å². The number of rotatable bonds is 10. The summed E-state index contributed by atoms with van der Waals surface area (Å²) in [6.45, 7) is 14.9. The summed E-state index contributed by atoms with van der Waals surface area (Å²) in [5.41, 5.74) is 5.36. The van der Waals surface area contributed by atoms with Gasteiger partial charge in [0, 0.05) is 34.6 Å². The van der Waals surface area contributed by atoms with Gasteiger partial charge in [-0.05, 0) is 80.1 Å². The molecule has 3 saturated carbocycles. The smallest absolute Gasteiger partial charge is 0.316 e. The van der Waals surface area contributed by atoms with Crippen LogP contribution in [0.1, 0.15) is 71.8 Å². The summed E-state index contributed by atoms with van der Waals surface area (Å²) in [5.74, 6) is 0.176. The third-order valence-electron chi connectivity index (χ3n) is 10.7. The maximum absolute atomic E-state index is 13.5. The van der Waals surface area contributed by atoms with Gasteiger partial charge in [-0.25, -0.2) is 0 Å². The van der Waals surface area contributed by atoms with Crippen molar-refractivity contribution in [2.75, 3.05) is 18.8 Å². The SMILES string of the molecule is C=C[C@]1(C)C[C@@H](OC(=O)CSc2cccc(CNCCCN)c2)[C@]2(C)C(C)CCC3(CCC(=O)C32)[C@@H](C)[C@@H]1O. The van der Waals surface area contributed by atoms with E-state index in [-0.39, 0.29) is 40.7 Å². The van der Waals surface area contributed by atoms with Gasteiger partial charge in [-0.15, -0.1) is 18.3 Å². The van der Waals surface area contributed by atoms with E-state index in [1.165, 1.54) is 11.8 Å². The lowest BCUT2D eigenvalue weighted by Gasteiger charge is -2.61. The van der Waals surface area contributed by atoms with E-state index in [2.05, 4.69) is 44.8 Å². The molecule has 8 atom stereocenters. The zero-order valence-corrected chi connectivity index (χ0v) is 25.0. The fourth-order valence-corrected chi connectivity index (χ4v) is 8.80. The molecule has 0 heterocycles. The van der Waals surface area contributed by atoms with Crippen molar-refractivity contribution in [2.45, 2.75) is 89.9 Å². The lowest BCUT2D eigenvalue weighted by Crippen LogP contribution is -2.63. The van der Waals surface area contributed by atoms with Crippen molar-refractivity contribution in [3.8, 4) is 0 Å². The number of esters is 1. The number of aliphatic hydroxyl groups excluding tert-OH is 1. The van der Waals surface area contributed by atoms with Gasteiger partial charge in [-0.3, -0.25) is 9.59 Å². The number of nitrogens with one attached hydrogen (secondary N) is 1. The molecule has 2 bridgehead atoms. The van der Waals surface area contributed by atoms with Gasteiger partial charge in [0.15, 0.2) is 0 Å². The summed E-state index contributed by atoms with van der Waals surface area (Å²) in [6, 6.07) is 8.20. The Morgan fingerprint density at radius 1 is 1.31 bits per heavy atom. The monoisotopic (exact) mass is 556 g/mol. The van der Waals surface area contributed by atoms with Gasteiger partial charge in [0.05, 0.1) is 11.9 Å². The predicted octanol–water partition coefficient (Wildman–Crippen LogP) is 5.12. The van der Waals surface area contributed by atoms with Gasteiger partial charge in [0.2, 0.25) is 0 Å². The second kappa shape index (κ2) is 12.1. The maximum atomic E-state index is 13.5. The van der Waals surface area contributed by atoms with Gasteiger partial charge >= 0.3 is 5.97 Å². The normalized spacial score (nSPS) is 38.0. The zero-order chi connectivity index (χ0) is 28.4. The average Bonchev–Trinajstić information content (AvgIpc) is 3.28. The van der Waals surface area contributed by atoms with Crippen molar-refractivity contribution in [3.05, 3.63) is 42.5 Å². The highest BCUT2D eigenvalue weighted by atomic mass is 32.2. The van der Waals surface area contributed by atoms with Crippen LogP contribution in [0, 0.1) is 34.0 Å². The van der Waals surface area contributed by atoms with Crippen molar-refractivity contribution in [3.63, 3.8) is 0 Å². The van der Waals surface area contributed by atoms with Gasteiger partial charge < -0.3 is 20.9 Å². The molecule has 216 valence electrons. The average molecular weight is 557 g/mol. The van der Waals surface area contributed by atoms with Crippen LogP contribution in [0.5, 0.6) is 0 Å². The molecular weight excluding hydrogens is 508 g/mol. The molecule has 3 aliphatic rings. The Labute approximate surface area is 238 Å². The number of carbonyl (C=O) groups is 2. The number of ketones is 1. The van der Waals surface area contributed by atoms with E-state index >= 15 is 0 Å². The number of thioether (sulfide) groups is 1. The first-order valence-electron chi connectivity index (χ1n) is 14.7. The summed E-state index contributed by atoms with van der Waals surface area (Å²) < 4.78 is 6.37. The number of Topliss-reactive ketones (excluding diaryl/α,β-unsaturated/α-hetero) is 1. The molecular formula is C32H48N2O4S. The minimum atomic E-state index is -0.655. The first-order chi connectivity index (χ1) is 18.5. The fraction of sp³-hybridized carbons (Fsp3) is 0.688. The molecule has 0 spiro atoms. The van der Waals surface area contributed by atoms with Crippen LogP contribution in [0.2, 0.25) is 0 Å². The van der Waals surface area contributed by atoms with E-state index in [4.69, 9.17) is 10.5 Å². The van der Waals surface area contributed by atoms with Crippen molar-refractivity contribution in [2.24, 2.45) is 39.7 Å². The third-order valence-corrected chi connectivity index (χ3v) is 11.7. The van der Waals surface area contributed by atoms with Gasteiger partial charge in [0.25, 0.3) is 0 Å².